The molecule has 104 valence electrons. The summed E-state index contributed by atoms with van der Waals surface area (Å²) in [5.74, 6) is 0.697. The molecular weight excluding hydrogens is 250 g/mol. The average Bonchev–Trinajstić information content (AvgIpc) is 3.19. The van der Waals surface area contributed by atoms with Crippen LogP contribution in [0.2, 0.25) is 0 Å². The van der Waals surface area contributed by atoms with Crippen LogP contribution in [0.25, 0.3) is 0 Å². The lowest BCUT2D eigenvalue weighted by atomic mass is 10.2. The topological polar surface area (TPSA) is 38.1 Å². The Morgan fingerprint density at radius 3 is 2.70 bits per heavy atom. The molecule has 0 aliphatic heterocycles. The van der Waals surface area contributed by atoms with Gasteiger partial charge in [0.2, 0.25) is 0 Å². The second-order valence-corrected chi connectivity index (χ2v) is 5.28. The van der Waals surface area contributed by atoms with Crippen molar-refractivity contribution in [1.29, 1.82) is 0 Å². The second kappa shape index (κ2) is 5.49. The van der Waals surface area contributed by atoms with Gasteiger partial charge in [-0.15, -0.1) is 0 Å². The monoisotopic (exact) mass is 269 g/mol. The van der Waals surface area contributed by atoms with Gasteiger partial charge in [-0.2, -0.15) is 5.10 Å². The van der Waals surface area contributed by atoms with Crippen LogP contribution in [-0.2, 0) is 6.54 Å². The van der Waals surface area contributed by atoms with Crippen molar-refractivity contribution < 1.29 is 4.79 Å². The van der Waals surface area contributed by atoms with Gasteiger partial charge in [-0.25, -0.2) is 0 Å². The lowest BCUT2D eigenvalue weighted by molar-refractivity contribution is 0.0985. The first-order valence-electron chi connectivity index (χ1n) is 7.17. The SMILES string of the molecule is CCn1cc(C(=O)N(CC2CC2)c2ccccc2)cn1. The number of hydrogen-bond donors (Lipinski definition) is 0. The molecule has 0 atom stereocenters. The molecule has 1 aromatic heterocycles. The molecule has 0 unspecified atom stereocenters. The molecule has 4 heteroatoms. The third-order valence-electron chi connectivity index (χ3n) is 3.65. The number of para-hydroxylation sites is 1. The Hall–Kier alpha value is -2.10. The van der Waals surface area contributed by atoms with Crippen LogP contribution in [0.4, 0.5) is 5.69 Å². The molecule has 1 saturated carbocycles. The highest BCUT2D eigenvalue weighted by Gasteiger charge is 2.28. The van der Waals surface area contributed by atoms with Crippen LogP contribution < -0.4 is 4.90 Å². The number of benzene rings is 1. The molecule has 3 rings (SSSR count). The Morgan fingerprint density at radius 2 is 2.10 bits per heavy atom. The van der Waals surface area contributed by atoms with E-state index in [0.29, 0.717) is 11.5 Å². The van der Waals surface area contributed by atoms with Gasteiger partial charge in [-0.05, 0) is 37.8 Å². The van der Waals surface area contributed by atoms with Crippen LogP contribution >= 0.6 is 0 Å². The van der Waals surface area contributed by atoms with E-state index in [1.54, 1.807) is 10.9 Å². The number of nitrogens with zero attached hydrogens (tertiary/aromatic N) is 3. The number of anilines is 1. The van der Waals surface area contributed by atoms with Crippen LogP contribution in [0.15, 0.2) is 42.7 Å². The Labute approximate surface area is 119 Å². The van der Waals surface area contributed by atoms with Crippen LogP contribution in [0.1, 0.15) is 30.1 Å². The molecule has 4 nitrogen and oxygen atoms in total. The molecule has 0 N–H and O–H groups in total. The van der Waals surface area contributed by atoms with E-state index in [9.17, 15) is 4.79 Å². The van der Waals surface area contributed by atoms with Crippen molar-refractivity contribution >= 4 is 11.6 Å². The Kier molecular flexibility index (Phi) is 3.54. The predicted molar refractivity (Wildman–Crippen MR) is 78.7 cm³/mol. The van der Waals surface area contributed by atoms with Crippen molar-refractivity contribution in [2.75, 3.05) is 11.4 Å². The van der Waals surface area contributed by atoms with Gasteiger partial charge in [0.05, 0.1) is 11.8 Å². The van der Waals surface area contributed by atoms with Gasteiger partial charge in [0.1, 0.15) is 0 Å². The van der Waals surface area contributed by atoms with Gasteiger partial charge in [-0.1, -0.05) is 18.2 Å². The summed E-state index contributed by atoms with van der Waals surface area (Å²) in [4.78, 5) is 14.6. The summed E-state index contributed by atoms with van der Waals surface area (Å²) in [5, 5.41) is 4.20. The maximum Gasteiger partial charge on any atom is 0.261 e. The number of carbonyl (C=O) groups excluding carboxylic acids is 1. The maximum absolute atomic E-state index is 12.7. The molecule has 1 aromatic carbocycles. The summed E-state index contributed by atoms with van der Waals surface area (Å²) in [6, 6.07) is 9.89. The highest BCUT2D eigenvalue weighted by Crippen LogP contribution is 2.32. The van der Waals surface area contributed by atoms with Gasteiger partial charge < -0.3 is 4.90 Å². The first-order valence-corrected chi connectivity index (χ1v) is 7.17. The van der Waals surface area contributed by atoms with E-state index in [1.165, 1.54) is 12.8 Å². The Morgan fingerprint density at radius 1 is 1.35 bits per heavy atom. The zero-order valence-corrected chi connectivity index (χ0v) is 11.7. The van der Waals surface area contributed by atoms with Gasteiger partial charge >= 0.3 is 0 Å². The predicted octanol–water partition coefficient (Wildman–Crippen LogP) is 2.96. The Balaban J connectivity index is 1.86. The zero-order chi connectivity index (χ0) is 13.9. The van der Waals surface area contributed by atoms with Crippen molar-refractivity contribution in [3.8, 4) is 0 Å². The minimum Gasteiger partial charge on any atom is -0.308 e. The zero-order valence-electron chi connectivity index (χ0n) is 11.7. The summed E-state index contributed by atoms with van der Waals surface area (Å²) in [7, 11) is 0. The average molecular weight is 269 g/mol. The van der Waals surface area contributed by atoms with Gasteiger partial charge in [0, 0.05) is 25.0 Å². The van der Waals surface area contributed by atoms with Crippen molar-refractivity contribution in [2.45, 2.75) is 26.3 Å². The Bertz CT molecular complexity index is 587. The van der Waals surface area contributed by atoms with Crippen molar-refractivity contribution in [2.24, 2.45) is 5.92 Å². The molecule has 0 saturated heterocycles. The van der Waals surface area contributed by atoms with Crippen molar-refractivity contribution in [3.63, 3.8) is 0 Å². The van der Waals surface area contributed by atoms with Gasteiger partial charge in [0.25, 0.3) is 5.91 Å². The van der Waals surface area contributed by atoms with Crippen LogP contribution in [0, 0.1) is 5.92 Å². The second-order valence-electron chi connectivity index (χ2n) is 5.28. The van der Waals surface area contributed by atoms with Crippen LogP contribution in [-0.4, -0.2) is 22.2 Å². The largest absolute Gasteiger partial charge is 0.308 e. The van der Waals surface area contributed by atoms with E-state index >= 15 is 0 Å². The number of rotatable bonds is 5. The van der Waals surface area contributed by atoms with E-state index in [0.717, 1.165) is 18.8 Å². The van der Waals surface area contributed by atoms with E-state index in [1.807, 2.05) is 48.4 Å². The van der Waals surface area contributed by atoms with E-state index in [-0.39, 0.29) is 5.91 Å². The van der Waals surface area contributed by atoms with Gasteiger partial charge in [-0.3, -0.25) is 9.48 Å². The summed E-state index contributed by atoms with van der Waals surface area (Å²) in [6.07, 6.45) is 5.94. The first kappa shape index (κ1) is 12.9. The number of aryl methyl sites for hydroxylation is 1. The van der Waals surface area contributed by atoms with E-state index in [2.05, 4.69) is 5.10 Å². The molecule has 20 heavy (non-hydrogen) atoms. The summed E-state index contributed by atoms with van der Waals surface area (Å²) >= 11 is 0. The van der Waals surface area contributed by atoms with Crippen LogP contribution in [0.5, 0.6) is 0 Å². The number of carbonyl (C=O) groups is 1. The fourth-order valence-electron chi connectivity index (χ4n) is 2.27. The molecule has 1 aliphatic carbocycles. The molecular formula is C16H19N3O. The summed E-state index contributed by atoms with van der Waals surface area (Å²) in [5.41, 5.74) is 1.63. The standard InChI is InChI=1S/C16H19N3O/c1-2-18-12-14(10-17-18)16(20)19(11-13-8-9-13)15-6-4-3-5-7-15/h3-7,10,12-13H,2,8-9,11H2,1H3. The normalized spacial score (nSPS) is 14.2. The summed E-state index contributed by atoms with van der Waals surface area (Å²) in [6.45, 7) is 3.60. The van der Waals surface area contributed by atoms with E-state index in [4.69, 9.17) is 0 Å². The fraction of sp³-hybridized carbons (Fsp3) is 0.375. The minimum absolute atomic E-state index is 0.0443. The minimum atomic E-state index is 0.0443. The molecule has 1 heterocycles. The molecule has 0 radical (unpaired) electrons. The number of aromatic nitrogens is 2. The van der Waals surface area contributed by atoms with Crippen molar-refractivity contribution in [3.05, 3.63) is 48.3 Å². The van der Waals surface area contributed by atoms with Crippen LogP contribution in [0.3, 0.4) is 0 Å². The highest BCUT2D eigenvalue weighted by atomic mass is 16.2. The fourth-order valence-corrected chi connectivity index (χ4v) is 2.27. The first-order chi connectivity index (χ1) is 9.78. The molecule has 0 bridgehead atoms. The number of hydrogen-bond acceptors (Lipinski definition) is 2. The molecule has 1 fully saturated rings. The number of amides is 1. The van der Waals surface area contributed by atoms with E-state index < -0.39 is 0 Å². The molecule has 0 spiro atoms. The molecule has 2 aromatic rings. The third kappa shape index (κ3) is 2.74. The summed E-state index contributed by atoms with van der Waals surface area (Å²) < 4.78 is 1.79. The molecule has 1 amide bonds. The third-order valence-corrected chi connectivity index (χ3v) is 3.65. The van der Waals surface area contributed by atoms with Gasteiger partial charge in [0.15, 0.2) is 0 Å². The smallest absolute Gasteiger partial charge is 0.261 e. The lowest BCUT2D eigenvalue weighted by Gasteiger charge is -2.22. The lowest BCUT2D eigenvalue weighted by Crippen LogP contribution is -2.32. The van der Waals surface area contributed by atoms with Crippen molar-refractivity contribution in [1.82, 2.24) is 9.78 Å². The quantitative estimate of drug-likeness (QED) is 0.837. The molecule has 1 aliphatic rings. The highest BCUT2D eigenvalue weighted by molar-refractivity contribution is 6.05. The maximum atomic E-state index is 12.7.